The van der Waals surface area contributed by atoms with Gasteiger partial charge in [-0.1, -0.05) is 37.9 Å². The van der Waals surface area contributed by atoms with Crippen LogP contribution in [0.4, 0.5) is 0 Å². The fourth-order valence-electron chi connectivity index (χ4n) is 2.91. The molecule has 6 heteroatoms. The molecule has 0 aliphatic heterocycles. The molecule has 0 radical (unpaired) electrons. The Morgan fingerprint density at radius 1 is 1.40 bits per heavy atom. The number of nitrogens with zero attached hydrogens (tertiary/aromatic N) is 1. The lowest BCUT2D eigenvalue weighted by molar-refractivity contribution is -0.139. The Balaban J connectivity index is 2.80. The summed E-state index contributed by atoms with van der Waals surface area (Å²) in [6.45, 7) is 0.439. The van der Waals surface area contributed by atoms with Gasteiger partial charge in [-0.15, -0.1) is 0 Å². The number of likely N-dealkylation sites (N-methyl/N-ethyl adjacent to an activating group) is 1. The van der Waals surface area contributed by atoms with Gasteiger partial charge >= 0.3 is 0 Å². The molecule has 3 N–H and O–H groups in total. The van der Waals surface area contributed by atoms with Gasteiger partial charge in [-0.3, -0.25) is 4.79 Å². The zero-order valence-corrected chi connectivity index (χ0v) is 13.2. The van der Waals surface area contributed by atoms with Crippen molar-refractivity contribution >= 4 is 23.1 Å². The predicted octanol–water partition coefficient (Wildman–Crippen LogP) is 1.08. The maximum absolute atomic E-state index is 12.8. The molecule has 1 amide bonds. The number of hydrogen-bond acceptors (Lipinski definition) is 4. The number of carbonyl (C=O) groups excluding carboxylic acids is 1. The number of carbonyl (C=O) groups is 1. The number of thiocarbonyl (C=S) groups is 1. The number of aliphatic hydroxyl groups excluding tert-OH is 1. The average Bonchev–Trinajstić information content (AvgIpc) is 2.64. The van der Waals surface area contributed by atoms with Crippen molar-refractivity contribution in [1.29, 1.82) is 0 Å². The third-order valence-corrected chi connectivity index (χ3v) is 4.42. The van der Waals surface area contributed by atoms with E-state index in [2.05, 4.69) is 0 Å². The first-order valence-corrected chi connectivity index (χ1v) is 7.57. The Hall–Kier alpha value is -0.720. The number of aliphatic hydroxyl groups is 1. The van der Waals surface area contributed by atoms with Crippen LogP contribution in [0.5, 0.6) is 0 Å². The molecule has 1 saturated carbocycles. The second-order valence-electron chi connectivity index (χ2n) is 5.66. The maximum Gasteiger partial charge on any atom is 0.235 e. The molecule has 0 aromatic heterocycles. The van der Waals surface area contributed by atoms with Crippen molar-refractivity contribution in [3.05, 3.63) is 0 Å². The Labute approximate surface area is 126 Å². The molecule has 0 heterocycles. The molecule has 20 heavy (non-hydrogen) atoms. The van der Waals surface area contributed by atoms with Crippen LogP contribution >= 0.6 is 12.2 Å². The maximum atomic E-state index is 12.8. The lowest BCUT2D eigenvalue weighted by atomic mass is 9.79. The molecular formula is C14H26N2O3S. The van der Waals surface area contributed by atoms with Crippen LogP contribution in [-0.2, 0) is 9.53 Å². The molecule has 116 valence electrons. The van der Waals surface area contributed by atoms with Crippen molar-refractivity contribution in [2.45, 2.75) is 44.6 Å². The summed E-state index contributed by atoms with van der Waals surface area (Å²) in [5, 5.41) is 9.76. The van der Waals surface area contributed by atoms with Gasteiger partial charge in [0.2, 0.25) is 5.91 Å². The number of methoxy groups -OCH3 is 1. The van der Waals surface area contributed by atoms with Crippen LogP contribution in [-0.4, -0.2) is 54.3 Å². The summed E-state index contributed by atoms with van der Waals surface area (Å²) >= 11 is 5.19. The molecule has 1 rings (SSSR count). The molecular weight excluding hydrogens is 276 g/mol. The molecule has 5 nitrogen and oxygen atoms in total. The minimum absolute atomic E-state index is 0.0675. The van der Waals surface area contributed by atoms with E-state index >= 15 is 0 Å². The first-order chi connectivity index (χ1) is 9.44. The summed E-state index contributed by atoms with van der Waals surface area (Å²) < 4.78 is 4.88. The Kier molecular flexibility index (Phi) is 6.85. The standard InChI is InChI=1S/C14H26N2O3S/c1-16(9-11(17)10-19-2)13(18)14(12(15)20)7-5-3-4-6-8-14/h11,17H,3-10H2,1-2H3,(H2,15,20). The highest BCUT2D eigenvalue weighted by Crippen LogP contribution is 2.37. The van der Waals surface area contributed by atoms with E-state index in [0.29, 0.717) is 12.8 Å². The van der Waals surface area contributed by atoms with E-state index in [4.69, 9.17) is 22.7 Å². The van der Waals surface area contributed by atoms with Crippen LogP contribution in [0.15, 0.2) is 0 Å². The number of nitrogens with two attached hydrogens (primary N) is 1. The van der Waals surface area contributed by atoms with Crippen LogP contribution in [0, 0.1) is 5.41 Å². The zero-order chi connectivity index (χ0) is 15.2. The molecule has 0 aromatic carbocycles. The van der Waals surface area contributed by atoms with Gasteiger partial charge in [-0.25, -0.2) is 0 Å². The fourth-order valence-corrected chi connectivity index (χ4v) is 3.20. The summed E-state index contributed by atoms with van der Waals surface area (Å²) in [6, 6.07) is 0. The van der Waals surface area contributed by atoms with Crippen molar-refractivity contribution in [2.24, 2.45) is 11.1 Å². The molecule has 0 aromatic rings. The first-order valence-electron chi connectivity index (χ1n) is 7.16. The zero-order valence-electron chi connectivity index (χ0n) is 12.4. The molecule has 1 aliphatic rings. The third-order valence-electron chi connectivity index (χ3n) is 4.03. The molecule has 1 unspecified atom stereocenters. The van der Waals surface area contributed by atoms with E-state index in [9.17, 15) is 9.90 Å². The largest absolute Gasteiger partial charge is 0.392 e. The van der Waals surface area contributed by atoms with E-state index in [1.54, 1.807) is 7.05 Å². The second kappa shape index (κ2) is 7.90. The quantitative estimate of drug-likeness (QED) is 0.567. The highest BCUT2D eigenvalue weighted by atomic mass is 32.1. The van der Waals surface area contributed by atoms with Crippen LogP contribution < -0.4 is 5.73 Å². The van der Waals surface area contributed by atoms with Gasteiger partial charge in [-0.05, 0) is 12.8 Å². The SMILES string of the molecule is COCC(O)CN(C)C(=O)C1(C(N)=S)CCCCCC1. The number of ether oxygens (including phenoxy) is 1. The smallest absolute Gasteiger partial charge is 0.235 e. The molecule has 1 atom stereocenters. The van der Waals surface area contributed by atoms with E-state index in [1.807, 2.05) is 0 Å². The monoisotopic (exact) mass is 302 g/mol. The number of amides is 1. The summed E-state index contributed by atoms with van der Waals surface area (Å²) in [6.07, 6.45) is 4.91. The van der Waals surface area contributed by atoms with Gasteiger partial charge in [0.15, 0.2) is 0 Å². The van der Waals surface area contributed by atoms with Crippen LogP contribution in [0.1, 0.15) is 38.5 Å². The summed E-state index contributed by atoms with van der Waals surface area (Å²) in [5.74, 6) is -0.0675. The topological polar surface area (TPSA) is 75.8 Å². The van der Waals surface area contributed by atoms with E-state index in [0.717, 1.165) is 25.7 Å². The van der Waals surface area contributed by atoms with E-state index < -0.39 is 11.5 Å². The predicted molar refractivity (Wildman–Crippen MR) is 82.4 cm³/mol. The molecule has 0 spiro atoms. The van der Waals surface area contributed by atoms with Crippen molar-refractivity contribution in [2.75, 3.05) is 27.3 Å². The first kappa shape index (κ1) is 17.3. The normalized spacial score (nSPS) is 19.9. The van der Waals surface area contributed by atoms with Gasteiger partial charge in [0.1, 0.15) is 0 Å². The molecule has 0 bridgehead atoms. The minimum Gasteiger partial charge on any atom is -0.392 e. The van der Waals surface area contributed by atoms with Crippen LogP contribution in [0.2, 0.25) is 0 Å². The van der Waals surface area contributed by atoms with Gasteiger partial charge in [0.25, 0.3) is 0 Å². The molecule has 1 fully saturated rings. The van der Waals surface area contributed by atoms with Gasteiger partial charge in [0.05, 0.1) is 23.1 Å². The lowest BCUT2D eigenvalue weighted by Gasteiger charge is -2.35. The van der Waals surface area contributed by atoms with Crippen molar-refractivity contribution in [1.82, 2.24) is 4.90 Å². The number of hydrogen-bond donors (Lipinski definition) is 2. The van der Waals surface area contributed by atoms with Gasteiger partial charge < -0.3 is 20.5 Å². The van der Waals surface area contributed by atoms with Crippen molar-refractivity contribution < 1.29 is 14.6 Å². The number of rotatable bonds is 6. The Morgan fingerprint density at radius 2 is 1.95 bits per heavy atom. The summed E-state index contributed by atoms with van der Waals surface area (Å²) in [5.41, 5.74) is 5.17. The average molecular weight is 302 g/mol. The van der Waals surface area contributed by atoms with Crippen LogP contribution in [0.25, 0.3) is 0 Å². The second-order valence-corrected chi connectivity index (χ2v) is 6.10. The third kappa shape index (κ3) is 4.14. The summed E-state index contributed by atoms with van der Waals surface area (Å²) in [4.78, 5) is 14.6. The molecule has 0 saturated heterocycles. The lowest BCUT2D eigenvalue weighted by Crippen LogP contribution is -2.51. The summed E-state index contributed by atoms with van der Waals surface area (Å²) in [7, 11) is 3.21. The molecule has 1 aliphatic carbocycles. The highest BCUT2D eigenvalue weighted by molar-refractivity contribution is 7.80. The Bertz CT molecular complexity index is 341. The van der Waals surface area contributed by atoms with Crippen LogP contribution in [0.3, 0.4) is 0 Å². The van der Waals surface area contributed by atoms with Gasteiger partial charge in [0, 0.05) is 20.7 Å². The van der Waals surface area contributed by atoms with Crippen molar-refractivity contribution in [3.8, 4) is 0 Å². The van der Waals surface area contributed by atoms with E-state index in [-0.39, 0.29) is 24.0 Å². The fraction of sp³-hybridized carbons (Fsp3) is 0.857. The van der Waals surface area contributed by atoms with Gasteiger partial charge in [-0.2, -0.15) is 0 Å². The Morgan fingerprint density at radius 3 is 2.40 bits per heavy atom. The van der Waals surface area contributed by atoms with Crippen molar-refractivity contribution in [3.63, 3.8) is 0 Å². The minimum atomic E-state index is -0.729. The van der Waals surface area contributed by atoms with E-state index in [1.165, 1.54) is 12.0 Å². The highest BCUT2D eigenvalue weighted by Gasteiger charge is 2.43.